The van der Waals surface area contributed by atoms with Crippen LogP contribution in [0.3, 0.4) is 0 Å². The fraction of sp³-hybridized carbons (Fsp3) is 0.100. The van der Waals surface area contributed by atoms with Gasteiger partial charge in [-0.15, -0.1) is 11.3 Å². The first-order chi connectivity index (χ1) is 8.07. The van der Waals surface area contributed by atoms with E-state index < -0.39 is 10.0 Å². The molecule has 0 atom stereocenters. The van der Waals surface area contributed by atoms with Crippen molar-refractivity contribution in [3.8, 4) is 0 Å². The quantitative estimate of drug-likeness (QED) is 0.878. The van der Waals surface area contributed by atoms with Crippen LogP contribution in [-0.2, 0) is 16.6 Å². The van der Waals surface area contributed by atoms with Gasteiger partial charge in [-0.3, -0.25) is 0 Å². The van der Waals surface area contributed by atoms with Crippen LogP contribution in [0.4, 0.5) is 5.69 Å². The number of sulfonamides is 1. The number of primary sulfonamides is 1. The molecular formula is C10H11N3O2S2. The molecule has 2 aromatic rings. The molecule has 0 fully saturated rings. The largest absolute Gasteiger partial charge is 0.377 e. The molecule has 0 unspecified atom stereocenters. The maximum absolute atomic E-state index is 11.3. The van der Waals surface area contributed by atoms with Crippen LogP contribution in [0, 0.1) is 0 Å². The van der Waals surface area contributed by atoms with Gasteiger partial charge in [0.05, 0.1) is 12.2 Å². The fourth-order valence-electron chi connectivity index (χ4n) is 1.37. The van der Waals surface area contributed by atoms with E-state index in [0.29, 0.717) is 12.2 Å². The van der Waals surface area contributed by atoms with Crippen LogP contribution in [0.5, 0.6) is 0 Å². The standard InChI is InChI=1S/C10H11N3O2S2/c11-17(14,15)9-4-2-1-3-8(9)13-7-10-12-5-6-16-10/h1-6,13H,7H2,(H2,11,14,15). The summed E-state index contributed by atoms with van der Waals surface area (Å²) in [7, 11) is -3.70. The molecule has 1 aromatic heterocycles. The Kier molecular flexibility index (Phi) is 3.41. The maximum atomic E-state index is 11.3. The van der Waals surface area contributed by atoms with Crippen molar-refractivity contribution in [2.24, 2.45) is 5.14 Å². The van der Waals surface area contributed by atoms with Crippen LogP contribution < -0.4 is 10.5 Å². The second-order valence-electron chi connectivity index (χ2n) is 3.32. The van der Waals surface area contributed by atoms with E-state index in [4.69, 9.17) is 5.14 Å². The van der Waals surface area contributed by atoms with E-state index >= 15 is 0 Å². The summed E-state index contributed by atoms with van der Waals surface area (Å²) in [6.45, 7) is 0.476. The SMILES string of the molecule is NS(=O)(=O)c1ccccc1NCc1nccs1. The minimum absolute atomic E-state index is 0.0940. The Labute approximate surface area is 103 Å². The Morgan fingerprint density at radius 3 is 2.76 bits per heavy atom. The number of anilines is 1. The Hall–Kier alpha value is -1.44. The lowest BCUT2D eigenvalue weighted by Crippen LogP contribution is -2.14. The number of nitrogens with two attached hydrogens (primary N) is 1. The number of thiazole rings is 1. The van der Waals surface area contributed by atoms with Gasteiger partial charge >= 0.3 is 0 Å². The second kappa shape index (κ2) is 4.82. The van der Waals surface area contributed by atoms with Gasteiger partial charge in [-0.1, -0.05) is 12.1 Å². The van der Waals surface area contributed by atoms with Crippen molar-refractivity contribution in [2.45, 2.75) is 11.4 Å². The average molecular weight is 269 g/mol. The molecule has 3 N–H and O–H groups in total. The van der Waals surface area contributed by atoms with Crippen LogP contribution in [0.1, 0.15) is 5.01 Å². The summed E-state index contributed by atoms with van der Waals surface area (Å²) in [4.78, 5) is 4.19. The molecular weight excluding hydrogens is 258 g/mol. The summed E-state index contributed by atoms with van der Waals surface area (Å²) in [6, 6.07) is 6.53. The number of hydrogen-bond acceptors (Lipinski definition) is 5. The molecule has 0 radical (unpaired) electrons. The highest BCUT2D eigenvalue weighted by Crippen LogP contribution is 2.20. The van der Waals surface area contributed by atoms with Crippen LogP contribution in [0.25, 0.3) is 0 Å². The second-order valence-corrected chi connectivity index (χ2v) is 5.83. The molecule has 90 valence electrons. The molecule has 0 bridgehead atoms. The number of hydrogen-bond donors (Lipinski definition) is 2. The number of nitrogens with zero attached hydrogens (tertiary/aromatic N) is 1. The molecule has 1 aromatic carbocycles. The number of nitrogens with one attached hydrogen (secondary N) is 1. The first-order valence-corrected chi connectivity index (χ1v) is 7.24. The number of aromatic nitrogens is 1. The molecule has 0 aliphatic heterocycles. The molecule has 0 spiro atoms. The summed E-state index contributed by atoms with van der Waals surface area (Å²) < 4.78 is 22.7. The minimum Gasteiger partial charge on any atom is -0.377 e. The normalized spacial score (nSPS) is 11.4. The molecule has 0 amide bonds. The third kappa shape index (κ3) is 3.02. The van der Waals surface area contributed by atoms with Crippen LogP contribution >= 0.6 is 11.3 Å². The highest BCUT2D eigenvalue weighted by atomic mass is 32.2. The van der Waals surface area contributed by atoms with Crippen molar-refractivity contribution >= 4 is 27.0 Å². The lowest BCUT2D eigenvalue weighted by atomic mass is 10.3. The molecule has 7 heteroatoms. The lowest BCUT2D eigenvalue weighted by Gasteiger charge is -2.08. The summed E-state index contributed by atoms with van der Waals surface area (Å²) >= 11 is 1.50. The highest BCUT2D eigenvalue weighted by Gasteiger charge is 2.12. The van der Waals surface area contributed by atoms with E-state index in [1.807, 2.05) is 5.38 Å². The van der Waals surface area contributed by atoms with E-state index in [0.717, 1.165) is 5.01 Å². The predicted molar refractivity (Wildman–Crippen MR) is 67.3 cm³/mol. The highest BCUT2D eigenvalue weighted by molar-refractivity contribution is 7.89. The fourth-order valence-corrected chi connectivity index (χ4v) is 2.64. The topological polar surface area (TPSA) is 85.1 Å². The van der Waals surface area contributed by atoms with Crippen molar-refractivity contribution in [3.05, 3.63) is 40.8 Å². The third-order valence-corrected chi connectivity index (χ3v) is 3.86. The van der Waals surface area contributed by atoms with Crippen LogP contribution in [0.15, 0.2) is 40.7 Å². The zero-order valence-corrected chi connectivity index (χ0v) is 10.5. The summed E-state index contributed by atoms with van der Waals surface area (Å²) in [5, 5.41) is 10.9. The minimum atomic E-state index is -3.70. The van der Waals surface area contributed by atoms with Gasteiger partial charge < -0.3 is 5.32 Å². The molecule has 0 saturated carbocycles. The predicted octanol–water partition coefficient (Wildman–Crippen LogP) is 1.40. The van der Waals surface area contributed by atoms with Gasteiger partial charge in [-0.05, 0) is 12.1 Å². The van der Waals surface area contributed by atoms with E-state index in [-0.39, 0.29) is 4.90 Å². The summed E-state index contributed by atoms with van der Waals surface area (Å²) in [5.74, 6) is 0. The van der Waals surface area contributed by atoms with Gasteiger partial charge in [0, 0.05) is 11.6 Å². The molecule has 0 saturated heterocycles. The molecule has 0 aliphatic rings. The van der Waals surface area contributed by atoms with Crippen molar-refractivity contribution in [2.75, 3.05) is 5.32 Å². The molecule has 1 heterocycles. The molecule has 17 heavy (non-hydrogen) atoms. The maximum Gasteiger partial charge on any atom is 0.240 e. The Bertz CT molecular complexity index is 594. The zero-order valence-electron chi connectivity index (χ0n) is 8.83. The number of para-hydroxylation sites is 1. The number of benzene rings is 1. The summed E-state index contributed by atoms with van der Waals surface area (Å²) in [5.41, 5.74) is 0.491. The van der Waals surface area contributed by atoms with Crippen LogP contribution in [-0.4, -0.2) is 13.4 Å². The van der Waals surface area contributed by atoms with E-state index in [1.54, 1.807) is 24.4 Å². The van der Waals surface area contributed by atoms with Gasteiger partial charge in [0.2, 0.25) is 10.0 Å². The Balaban J connectivity index is 2.22. The van der Waals surface area contributed by atoms with Crippen molar-refractivity contribution in [3.63, 3.8) is 0 Å². The Morgan fingerprint density at radius 1 is 1.35 bits per heavy atom. The average Bonchev–Trinajstić information content (AvgIpc) is 2.78. The van der Waals surface area contributed by atoms with Crippen molar-refractivity contribution < 1.29 is 8.42 Å². The van der Waals surface area contributed by atoms with Gasteiger partial charge in [0.15, 0.2) is 0 Å². The monoisotopic (exact) mass is 269 g/mol. The van der Waals surface area contributed by atoms with Gasteiger partial charge in [-0.25, -0.2) is 18.5 Å². The molecule has 5 nitrogen and oxygen atoms in total. The van der Waals surface area contributed by atoms with E-state index in [9.17, 15) is 8.42 Å². The Morgan fingerprint density at radius 2 is 2.12 bits per heavy atom. The third-order valence-electron chi connectivity index (χ3n) is 2.11. The van der Waals surface area contributed by atoms with E-state index in [2.05, 4.69) is 10.3 Å². The first kappa shape index (κ1) is 12.0. The van der Waals surface area contributed by atoms with Crippen molar-refractivity contribution in [1.29, 1.82) is 0 Å². The van der Waals surface area contributed by atoms with Crippen LogP contribution in [0.2, 0.25) is 0 Å². The summed E-state index contributed by atoms with van der Waals surface area (Å²) in [6.07, 6.45) is 1.70. The first-order valence-electron chi connectivity index (χ1n) is 4.81. The van der Waals surface area contributed by atoms with Gasteiger partial charge in [-0.2, -0.15) is 0 Å². The lowest BCUT2D eigenvalue weighted by molar-refractivity contribution is 0.598. The molecule has 0 aliphatic carbocycles. The zero-order chi connectivity index (χ0) is 12.3. The van der Waals surface area contributed by atoms with E-state index in [1.165, 1.54) is 17.4 Å². The van der Waals surface area contributed by atoms with Gasteiger partial charge in [0.1, 0.15) is 9.90 Å². The van der Waals surface area contributed by atoms with Gasteiger partial charge in [0.25, 0.3) is 0 Å². The van der Waals surface area contributed by atoms with Crippen molar-refractivity contribution in [1.82, 2.24) is 4.98 Å². The smallest absolute Gasteiger partial charge is 0.240 e. The number of rotatable bonds is 4. The molecule has 2 rings (SSSR count).